The first-order valence-electron chi connectivity index (χ1n) is 7.08. The minimum atomic E-state index is -0.868. The summed E-state index contributed by atoms with van der Waals surface area (Å²) in [5.74, 6) is -2.13. The van der Waals surface area contributed by atoms with Gasteiger partial charge >= 0.3 is 0 Å². The Balaban J connectivity index is 0.00000220. The molecule has 1 saturated heterocycles. The summed E-state index contributed by atoms with van der Waals surface area (Å²) in [4.78, 5) is 2.08. The van der Waals surface area contributed by atoms with Gasteiger partial charge < -0.3 is 5.32 Å². The molecular formula is C15H23Cl2F3N2. The molecule has 128 valence electrons. The minimum Gasteiger partial charge on any atom is -0.314 e. The number of piperazine rings is 1. The molecule has 0 amide bonds. The van der Waals surface area contributed by atoms with E-state index in [9.17, 15) is 13.2 Å². The van der Waals surface area contributed by atoms with Crippen molar-refractivity contribution in [1.82, 2.24) is 10.2 Å². The third-order valence-electron chi connectivity index (χ3n) is 3.66. The monoisotopic (exact) mass is 358 g/mol. The predicted molar refractivity (Wildman–Crippen MR) is 87.5 cm³/mol. The van der Waals surface area contributed by atoms with Crippen LogP contribution in [0.1, 0.15) is 31.9 Å². The SMILES string of the molecule is CC(C)C[C@H](c1c(F)cc(F)cc1F)N1CCNCC1.Cl.Cl. The standard InChI is InChI=1S/C15H21F3N2.2ClH/c1-10(2)7-14(20-5-3-19-4-6-20)15-12(17)8-11(16)9-13(15)18;;/h8-10,14,19H,3-7H2,1-2H3;2*1H/t14-;;/m1../s1. The summed E-state index contributed by atoms with van der Waals surface area (Å²) in [5.41, 5.74) is 0.00185. The predicted octanol–water partition coefficient (Wildman–Crippen LogP) is 3.94. The van der Waals surface area contributed by atoms with Crippen molar-refractivity contribution in [3.63, 3.8) is 0 Å². The Labute approximate surface area is 142 Å². The summed E-state index contributed by atoms with van der Waals surface area (Å²) in [6, 6.07) is 1.21. The van der Waals surface area contributed by atoms with Crippen molar-refractivity contribution in [3.05, 3.63) is 35.1 Å². The number of halogens is 5. The molecule has 1 atom stereocenters. The molecule has 0 aromatic heterocycles. The summed E-state index contributed by atoms with van der Waals surface area (Å²) < 4.78 is 41.2. The average molecular weight is 359 g/mol. The second kappa shape index (κ2) is 9.60. The number of hydrogen-bond donors (Lipinski definition) is 1. The van der Waals surface area contributed by atoms with E-state index in [4.69, 9.17) is 0 Å². The van der Waals surface area contributed by atoms with Gasteiger partial charge in [-0.25, -0.2) is 13.2 Å². The van der Waals surface area contributed by atoms with E-state index in [1.54, 1.807) is 0 Å². The molecule has 1 aliphatic rings. The van der Waals surface area contributed by atoms with Gasteiger partial charge in [-0.3, -0.25) is 4.90 Å². The van der Waals surface area contributed by atoms with Gasteiger partial charge in [0.2, 0.25) is 0 Å². The van der Waals surface area contributed by atoms with Crippen molar-refractivity contribution in [3.8, 4) is 0 Å². The fourth-order valence-corrected chi connectivity index (χ4v) is 2.76. The number of nitrogens with one attached hydrogen (secondary N) is 1. The summed E-state index contributed by atoms with van der Waals surface area (Å²) in [7, 11) is 0. The maximum absolute atomic E-state index is 14.0. The van der Waals surface area contributed by atoms with E-state index in [0.29, 0.717) is 12.3 Å². The third-order valence-corrected chi connectivity index (χ3v) is 3.66. The van der Waals surface area contributed by atoms with E-state index in [0.717, 1.165) is 38.3 Å². The molecule has 2 rings (SSSR count). The lowest BCUT2D eigenvalue weighted by Gasteiger charge is -2.36. The van der Waals surface area contributed by atoms with Crippen LogP contribution in [0.3, 0.4) is 0 Å². The molecule has 1 aromatic carbocycles. The highest BCUT2D eigenvalue weighted by molar-refractivity contribution is 5.85. The van der Waals surface area contributed by atoms with Crippen LogP contribution in [-0.4, -0.2) is 31.1 Å². The Morgan fingerprint density at radius 1 is 1.05 bits per heavy atom. The third kappa shape index (κ3) is 5.30. The van der Waals surface area contributed by atoms with Gasteiger partial charge in [0.1, 0.15) is 17.5 Å². The molecule has 1 heterocycles. The highest BCUT2D eigenvalue weighted by atomic mass is 35.5. The molecule has 1 N–H and O–H groups in total. The molecule has 0 aliphatic carbocycles. The summed E-state index contributed by atoms with van der Waals surface area (Å²) in [6.07, 6.45) is 0.652. The van der Waals surface area contributed by atoms with E-state index in [-0.39, 0.29) is 36.4 Å². The van der Waals surface area contributed by atoms with Gasteiger partial charge in [-0.05, 0) is 12.3 Å². The molecule has 1 fully saturated rings. The summed E-state index contributed by atoms with van der Waals surface area (Å²) >= 11 is 0. The average Bonchev–Trinajstić information content (AvgIpc) is 2.37. The first kappa shape index (κ1) is 21.5. The van der Waals surface area contributed by atoms with E-state index in [2.05, 4.69) is 10.2 Å². The molecule has 1 aromatic rings. The highest BCUT2D eigenvalue weighted by Gasteiger charge is 2.28. The van der Waals surface area contributed by atoms with Crippen molar-refractivity contribution in [2.45, 2.75) is 26.3 Å². The van der Waals surface area contributed by atoms with Crippen molar-refractivity contribution < 1.29 is 13.2 Å². The molecule has 1 aliphatic heterocycles. The number of benzene rings is 1. The Bertz CT molecular complexity index is 443. The van der Waals surface area contributed by atoms with Gasteiger partial charge in [-0.2, -0.15) is 0 Å². The van der Waals surface area contributed by atoms with Gasteiger partial charge in [-0.15, -0.1) is 24.8 Å². The second-order valence-electron chi connectivity index (χ2n) is 5.71. The van der Waals surface area contributed by atoms with Crippen LogP contribution in [0.2, 0.25) is 0 Å². The Morgan fingerprint density at radius 3 is 2.00 bits per heavy atom. The van der Waals surface area contributed by atoms with Crippen molar-refractivity contribution in [1.29, 1.82) is 0 Å². The van der Waals surface area contributed by atoms with Crippen molar-refractivity contribution >= 4 is 24.8 Å². The molecule has 0 saturated carbocycles. The van der Waals surface area contributed by atoms with Gasteiger partial charge in [0.05, 0.1) is 0 Å². The van der Waals surface area contributed by atoms with Crippen molar-refractivity contribution in [2.75, 3.05) is 26.2 Å². The number of nitrogens with zero attached hydrogens (tertiary/aromatic N) is 1. The normalized spacial score (nSPS) is 16.8. The molecule has 0 spiro atoms. The quantitative estimate of drug-likeness (QED) is 0.876. The largest absolute Gasteiger partial charge is 0.314 e. The topological polar surface area (TPSA) is 15.3 Å². The maximum atomic E-state index is 14.0. The smallest absolute Gasteiger partial charge is 0.133 e. The first-order chi connectivity index (χ1) is 9.49. The van der Waals surface area contributed by atoms with Gasteiger partial charge in [0, 0.05) is 49.9 Å². The minimum absolute atomic E-state index is 0. The van der Waals surface area contributed by atoms with E-state index >= 15 is 0 Å². The Morgan fingerprint density at radius 2 is 1.55 bits per heavy atom. The molecular weight excluding hydrogens is 336 g/mol. The molecule has 2 nitrogen and oxygen atoms in total. The highest BCUT2D eigenvalue weighted by Crippen LogP contribution is 2.32. The Hall–Kier alpha value is -0.490. The van der Waals surface area contributed by atoms with Crippen LogP contribution in [0.4, 0.5) is 13.2 Å². The van der Waals surface area contributed by atoms with Crippen LogP contribution < -0.4 is 5.32 Å². The fourth-order valence-electron chi connectivity index (χ4n) is 2.76. The molecule has 0 unspecified atom stereocenters. The molecule has 7 heteroatoms. The second-order valence-corrected chi connectivity index (χ2v) is 5.71. The number of hydrogen-bond acceptors (Lipinski definition) is 2. The fraction of sp³-hybridized carbons (Fsp3) is 0.600. The maximum Gasteiger partial charge on any atom is 0.133 e. The molecule has 22 heavy (non-hydrogen) atoms. The summed E-state index contributed by atoms with van der Waals surface area (Å²) in [6.45, 7) is 7.14. The summed E-state index contributed by atoms with van der Waals surface area (Å²) in [5, 5.41) is 3.22. The van der Waals surface area contributed by atoms with E-state index in [1.807, 2.05) is 13.8 Å². The van der Waals surface area contributed by atoms with E-state index in [1.165, 1.54) is 0 Å². The lowest BCUT2D eigenvalue weighted by Crippen LogP contribution is -2.45. The van der Waals surface area contributed by atoms with Gasteiger partial charge in [0.25, 0.3) is 0 Å². The number of rotatable bonds is 4. The van der Waals surface area contributed by atoms with Gasteiger partial charge in [0.15, 0.2) is 0 Å². The van der Waals surface area contributed by atoms with Crippen LogP contribution in [-0.2, 0) is 0 Å². The van der Waals surface area contributed by atoms with Crippen LogP contribution in [0.25, 0.3) is 0 Å². The van der Waals surface area contributed by atoms with E-state index < -0.39 is 17.5 Å². The Kier molecular flexibility index (Phi) is 9.39. The van der Waals surface area contributed by atoms with Gasteiger partial charge in [-0.1, -0.05) is 13.8 Å². The van der Waals surface area contributed by atoms with Crippen LogP contribution >= 0.6 is 24.8 Å². The van der Waals surface area contributed by atoms with Crippen LogP contribution in [0.5, 0.6) is 0 Å². The molecule has 0 radical (unpaired) electrons. The van der Waals surface area contributed by atoms with Crippen LogP contribution in [0, 0.1) is 23.4 Å². The zero-order chi connectivity index (χ0) is 14.7. The van der Waals surface area contributed by atoms with Crippen LogP contribution in [0.15, 0.2) is 12.1 Å². The molecule has 0 bridgehead atoms. The lowest BCUT2D eigenvalue weighted by molar-refractivity contribution is 0.147. The lowest BCUT2D eigenvalue weighted by atomic mass is 9.94. The zero-order valence-electron chi connectivity index (χ0n) is 12.7. The van der Waals surface area contributed by atoms with Crippen molar-refractivity contribution in [2.24, 2.45) is 5.92 Å². The first-order valence-corrected chi connectivity index (χ1v) is 7.08. The zero-order valence-corrected chi connectivity index (χ0v) is 14.4.